The van der Waals surface area contributed by atoms with Crippen molar-refractivity contribution in [3.63, 3.8) is 0 Å². The topological polar surface area (TPSA) is 55.8 Å². The molecule has 0 spiro atoms. The van der Waals surface area contributed by atoms with Crippen LogP contribution in [0.4, 0.5) is 0 Å². The van der Waals surface area contributed by atoms with E-state index in [0.29, 0.717) is 18.2 Å². The Kier molecular flexibility index (Phi) is 8.14. The monoisotopic (exact) mass is 375 g/mol. The van der Waals surface area contributed by atoms with Gasteiger partial charge in [0.1, 0.15) is 5.75 Å². The molecule has 5 nitrogen and oxygen atoms in total. The maximum Gasteiger partial charge on any atom is 0.310 e. The summed E-state index contributed by atoms with van der Waals surface area (Å²) in [5.74, 6) is 0.419. The lowest BCUT2D eigenvalue weighted by Crippen LogP contribution is -2.49. The number of benzene rings is 1. The number of hydrogen-bond donors (Lipinski definition) is 0. The highest BCUT2D eigenvalue weighted by Gasteiger charge is 2.32. The largest absolute Gasteiger partial charge is 0.484 e. The SMILES string of the molecule is CCc1ccc(OCC(=O)N(CC(C)C(=O)OC)C2CCCCC2C)cc1. The van der Waals surface area contributed by atoms with Gasteiger partial charge in [-0.1, -0.05) is 45.7 Å². The second kappa shape index (κ2) is 10.3. The number of carbonyl (C=O) groups excluding carboxylic acids is 2. The van der Waals surface area contributed by atoms with Crippen LogP contribution in [0, 0.1) is 11.8 Å². The van der Waals surface area contributed by atoms with Crippen LogP contribution in [0.15, 0.2) is 24.3 Å². The van der Waals surface area contributed by atoms with E-state index in [1.54, 1.807) is 0 Å². The summed E-state index contributed by atoms with van der Waals surface area (Å²) in [6, 6.07) is 7.98. The number of ether oxygens (including phenoxy) is 2. The van der Waals surface area contributed by atoms with Crippen molar-refractivity contribution in [2.24, 2.45) is 11.8 Å². The molecule has 0 radical (unpaired) electrons. The van der Waals surface area contributed by atoms with Crippen molar-refractivity contribution < 1.29 is 19.1 Å². The van der Waals surface area contributed by atoms with Crippen LogP contribution in [0.1, 0.15) is 52.0 Å². The van der Waals surface area contributed by atoms with E-state index in [0.717, 1.165) is 25.7 Å². The Hall–Kier alpha value is -2.04. The van der Waals surface area contributed by atoms with Gasteiger partial charge < -0.3 is 14.4 Å². The molecular formula is C22H33NO4. The third-order valence-corrected chi connectivity index (χ3v) is 5.55. The van der Waals surface area contributed by atoms with Gasteiger partial charge in [0.05, 0.1) is 13.0 Å². The zero-order valence-corrected chi connectivity index (χ0v) is 17.1. The lowest BCUT2D eigenvalue weighted by Gasteiger charge is -2.39. The number of esters is 1. The number of carbonyl (C=O) groups is 2. The molecule has 1 saturated carbocycles. The Bertz CT molecular complexity index is 613. The van der Waals surface area contributed by atoms with E-state index in [1.807, 2.05) is 36.1 Å². The second-order valence-electron chi connectivity index (χ2n) is 7.59. The van der Waals surface area contributed by atoms with Gasteiger partial charge in [0.25, 0.3) is 5.91 Å². The number of amides is 1. The van der Waals surface area contributed by atoms with Crippen LogP contribution < -0.4 is 4.74 Å². The van der Waals surface area contributed by atoms with E-state index in [1.165, 1.54) is 19.1 Å². The van der Waals surface area contributed by atoms with E-state index in [-0.39, 0.29) is 30.4 Å². The Morgan fingerprint density at radius 1 is 1.19 bits per heavy atom. The lowest BCUT2D eigenvalue weighted by atomic mass is 9.84. The smallest absolute Gasteiger partial charge is 0.310 e. The fraction of sp³-hybridized carbons (Fsp3) is 0.636. The van der Waals surface area contributed by atoms with Crippen LogP contribution in [0.3, 0.4) is 0 Å². The van der Waals surface area contributed by atoms with Gasteiger partial charge in [-0.2, -0.15) is 0 Å². The molecule has 3 unspecified atom stereocenters. The number of aryl methyl sites for hydroxylation is 1. The molecule has 0 N–H and O–H groups in total. The van der Waals surface area contributed by atoms with Crippen LogP contribution in [0.5, 0.6) is 5.75 Å². The lowest BCUT2D eigenvalue weighted by molar-refractivity contribution is -0.148. The van der Waals surface area contributed by atoms with Gasteiger partial charge in [-0.3, -0.25) is 9.59 Å². The Morgan fingerprint density at radius 2 is 1.85 bits per heavy atom. The van der Waals surface area contributed by atoms with Gasteiger partial charge in [-0.15, -0.1) is 0 Å². The normalized spacial score (nSPS) is 20.6. The zero-order valence-electron chi connectivity index (χ0n) is 17.1. The molecule has 2 rings (SSSR count). The molecule has 0 heterocycles. The number of rotatable bonds is 8. The Morgan fingerprint density at radius 3 is 2.44 bits per heavy atom. The molecule has 0 aliphatic heterocycles. The first-order valence-corrected chi connectivity index (χ1v) is 10.0. The van der Waals surface area contributed by atoms with Crippen molar-refractivity contribution in [3.05, 3.63) is 29.8 Å². The zero-order chi connectivity index (χ0) is 19.8. The minimum absolute atomic E-state index is 0.0113. The van der Waals surface area contributed by atoms with Crippen molar-refractivity contribution in [3.8, 4) is 5.75 Å². The molecule has 1 amide bonds. The molecule has 1 aliphatic carbocycles. The minimum Gasteiger partial charge on any atom is -0.484 e. The van der Waals surface area contributed by atoms with Crippen molar-refractivity contribution >= 4 is 11.9 Å². The molecule has 1 aromatic rings. The maximum atomic E-state index is 13.0. The summed E-state index contributed by atoms with van der Waals surface area (Å²) in [6.07, 6.45) is 5.38. The fourth-order valence-corrected chi connectivity index (χ4v) is 3.80. The molecule has 1 aromatic carbocycles. The van der Waals surface area contributed by atoms with Gasteiger partial charge in [-0.25, -0.2) is 0 Å². The van der Waals surface area contributed by atoms with Gasteiger partial charge in [0, 0.05) is 12.6 Å². The van der Waals surface area contributed by atoms with E-state index in [2.05, 4.69) is 13.8 Å². The van der Waals surface area contributed by atoms with E-state index in [4.69, 9.17) is 9.47 Å². The van der Waals surface area contributed by atoms with E-state index in [9.17, 15) is 9.59 Å². The van der Waals surface area contributed by atoms with Gasteiger partial charge in [0.15, 0.2) is 6.61 Å². The van der Waals surface area contributed by atoms with Crippen LogP contribution in [-0.4, -0.2) is 43.1 Å². The molecule has 27 heavy (non-hydrogen) atoms. The van der Waals surface area contributed by atoms with Crippen LogP contribution >= 0.6 is 0 Å². The molecule has 0 bridgehead atoms. The summed E-state index contributed by atoms with van der Waals surface area (Å²) in [7, 11) is 1.39. The molecule has 0 saturated heterocycles. The van der Waals surface area contributed by atoms with Crippen molar-refractivity contribution in [2.45, 2.75) is 58.9 Å². The van der Waals surface area contributed by atoms with Crippen molar-refractivity contribution in [2.75, 3.05) is 20.3 Å². The van der Waals surface area contributed by atoms with Gasteiger partial charge >= 0.3 is 5.97 Å². The Labute approximate surface area is 163 Å². The predicted octanol–water partition coefficient (Wildman–Crippen LogP) is 3.84. The van der Waals surface area contributed by atoms with Gasteiger partial charge in [0.2, 0.25) is 0 Å². The summed E-state index contributed by atoms with van der Waals surface area (Å²) >= 11 is 0. The molecule has 0 aromatic heterocycles. The molecule has 1 fully saturated rings. The molecule has 150 valence electrons. The van der Waals surface area contributed by atoms with Crippen molar-refractivity contribution in [1.29, 1.82) is 0 Å². The summed E-state index contributed by atoms with van der Waals surface area (Å²) in [4.78, 5) is 26.7. The molecule has 5 heteroatoms. The number of hydrogen-bond acceptors (Lipinski definition) is 4. The average Bonchev–Trinajstić information content (AvgIpc) is 2.70. The molecule has 1 aliphatic rings. The summed E-state index contributed by atoms with van der Waals surface area (Å²) < 4.78 is 10.6. The van der Waals surface area contributed by atoms with Crippen LogP contribution in [0.25, 0.3) is 0 Å². The molecule has 3 atom stereocenters. The summed E-state index contributed by atoms with van der Waals surface area (Å²) in [6.45, 7) is 6.47. The van der Waals surface area contributed by atoms with E-state index < -0.39 is 0 Å². The quantitative estimate of drug-likeness (QED) is 0.648. The highest BCUT2D eigenvalue weighted by Crippen LogP contribution is 2.29. The third-order valence-electron chi connectivity index (χ3n) is 5.55. The minimum atomic E-state index is -0.350. The predicted molar refractivity (Wildman–Crippen MR) is 106 cm³/mol. The molecular weight excluding hydrogens is 342 g/mol. The maximum absolute atomic E-state index is 13.0. The van der Waals surface area contributed by atoms with Crippen molar-refractivity contribution in [1.82, 2.24) is 4.90 Å². The fourth-order valence-electron chi connectivity index (χ4n) is 3.80. The third kappa shape index (κ3) is 5.98. The van der Waals surface area contributed by atoms with Crippen LogP contribution in [0.2, 0.25) is 0 Å². The summed E-state index contributed by atoms with van der Waals surface area (Å²) in [5, 5.41) is 0. The number of methoxy groups -OCH3 is 1. The van der Waals surface area contributed by atoms with E-state index >= 15 is 0 Å². The first-order chi connectivity index (χ1) is 13.0. The highest BCUT2D eigenvalue weighted by atomic mass is 16.5. The van der Waals surface area contributed by atoms with Gasteiger partial charge in [-0.05, 0) is 42.9 Å². The summed E-state index contributed by atoms with van der Waals surface area (Å²) in [5.41, 5.74) is 1.23. The highest BCUT2D eigenvalue weighted by molar-refractivity contribution is 5.79. The first-order valence-electron chi connectivity index (χ1n) is 10.0. The number of nitrogens with zero attached hydrogens (tertiary/aromatic N) is 1. The second-order valence-corrected chi connectivity index (χ2v) is 7.59. The van der Waals surface area contributed by atoms with Crippen LogP contribution in [-0.2, 0) is 20.7 Å². The first kappa shape index (κ1) is 21.3. The Balaban J connectivity index is 2.05. The standard InChI is InChI=1S/C22H33NO4/c1-5-18-10-12-19(13-11-18)27-15-21(24)23(14-17(3)22(25)26-4)20-9-7-6-8-16(20)2/h10-13,16-17,20H,5-9,14-15H2,1-4H3. The average molecular weight is 376 g/mol.